The minimum Gasteiger partial charge on any atom is -0.461 e. The van der Waals surface area contributed by atoms with Gasteiger partial charge in [0, 0.05) is 5.02 Å². The van der Waals surface area contributed by atoms with Crippen molar-refractivity contribution in [2.45, 2.75) is 13.0 Å². The maximum Gasteiger partial charge on any atom is 0.355 e. The fourth-order valence-corrected chi connectivity index (χ4v) is 3.81. The number of imide groups is 1. The fraction of sp³-hybridized carbons (Fsp3) is 0.200. The number of hydrogen-bond acceptors (Lipinski definition) is 6. The first-order chi connectivity index (χ1) is 13.9. The van der Waals surface area contributed by atoms with Crippen molar-refractivity contribution in [3.05, 3.63) is 58.6 Å². The van der Waals surface area contributed by atoms with Gasteiger partial charge in [0.15, 0.2) is 5.71 Å². The van der Waals surface area contributed by atoms with Gasteiger partial charge in [0.05, 0.1) is 23.0 Å². The number of carbonyl (C=O) groups excluding carboxylic acids is 3. The van der Waals surface area contributed by atoms with Gasteiger partial charge >= 0.3 is 5.97 Å². The lowest BCUT2D eigenvalue weighted by Gasteiger charge is -2.22. The van der Waals surface area contributed by atoms with Gasteiger partial charge in [0.2, 0.25) is 5.91 Å². The molecule has 2 aromatic rings. The number of rotatable bonds is 4. The first kappa shape index (κ1) is 19.4. The van der Waals surface area contributed by atoms with Crippen molar-refractivity contribution < 1.29 is 19.1 Å². The first-order valence-electron chi connectivity index (χ1n) is 8.86. The van der Waals surface area contributed by atoms with Crippen LogP contribution in [0.1, 0.15) is 6.92 Å². The van der Waals surface area contributed by atoms with Crippen LogP contribution in [0.2, 0.25) is 10.0 Å². The highest BCUT2D eigenvalue weighted by molar-refractivity contribution is 6.48. The molecule has 1 saturated heterocycles. The Hall–Kier alpha value is -2.90. The van der Waals surface area contributed by atoms with E-state index in [1.165, 1.54) is 5.01 Å². The van der Waals surface area contributed by atoms with E-state index in [1.807, 2.05) is 0 Å². The van der Waals surface area contributed by atoms with Crippen LogP contribution in [-0.2, 0) is 19.1 Å². The van der Waals surface area contributed by atoms with E-state index in [-0.39, 0.29) is 23.0 Å². The summed E-state index contributed by atoms with van der Waals surface area (Å²) in [6, 6.07) is 12.1. The molecule has 0 aliphatic carbocycles. The Bertz CT molecular complexity index is 1040. The molecule has 2 aromatic carbocycles. The molecule has 2 aliphatic heterocycles. The van der Waals surface area contributed by atoms with Crippen LogP contribution in [-0.4, -0.2) is 36.1 Å². The summed E-state index contributed by atoms with van der Waals surface area (Å²) < 4.78 is 5.06. The molecule has 0 spiro atoms. The number of ether oxygens (including phenoxy) is 1. The van der Waals surface area contributed by atoms with Crippen molar-refractivity contribution in [3.63, 3.8) is 0 Å². The summed E-state index contributed by atoms with van der Waals surface area (Å²) in [7, 11) is 0. The van der Waals surface area contributed by atoms with Crippen LogP contribution >= 0.6 is 23.2 Å². The summed E-state index contributed by atoms with van der Waals surface area (Å²) in [4.78, 5) is 40.0. The molecule has 4 rings (SSSR count). The van der Waals surface area contributed by atoms with Gasteiger partial charge in [0.1, 0.15) is 12.0 Å². The molecule has 29 heavy (non-hydrogen) atoms. The van der Waals surface area contributed by atoms with Crippen LogP contribution in [0.5, 0.6) is 0 Å². The Morgan fingerprint density at radius 2 is 1.76 bits per heavy atom. The van der Waals surface area contributed by atoms with E-state index in [4.69, 9.17) is 27.9 Å². The lowest BCUT2D eigenvalue weighted by Crippen LogP contribution is -2.39. The molecular weight excluding hydrogens is 417 g/mol. The number of benzene rings is 2. The summed E-state index contributed by atoms with van der Waals surface area (Å²) in [6.45, 7) is 1.77. The maximum absolute atomic E-state index is 13.3. The highest BCUT2D eigenvalue weighted by Gasteiger charge is 2.59. The molecular formula is C20H15Cl2N3O4. The van der Waals surface area contributed by atoms with Crippen molar-refractivity contribution >= 4 is 58.1 Å². The average Bonchev–Trinajstić information content (AvgIpc) is 3.21. The monoisotopic (exact) mass is 431 g/mol. The molecule has 0 saturated carbocycles. The number of carbonyl (C=O) groups is 3. The zero-order valence-corrected chi connectivity index (χ0v) is 16.7. The number of hydrazone groups is 1. The Morgan fingerprint density at radius 3 is 2.41 bits per heavy atom. The van der Waals surface area contributed by atoms with Gasteiger partial charge in [-0.05, 0) is 43.3 Å². The second-order valence-electron chi connectivity index (χ2n) is 6.41. The van der Waals surface area contributed by atoms with E-state index in [2.05, 4.69) is 5.10 Å². The summed E-state index contributed by atoms with van der Waals surface area (Å²) in [5.41, 5.74) is 0.670. The zero-order valence-electron chi connectivity index (χ0n) is 15.2. The fourth-order valence-electron chi connectivity index (χ4n) is 3.47. The van der Waals surface area contributed by atoms with Crippen LogP contribution in [0.4, 0.5) is 11.4 Å². The number of para-hydroxylation sites is 1. The summed E-state index contributed by atoms with van der Waals surface area (Å²) in [6.07, 6.45) is 0. The Balaban J connectivity index is 1.81. The van der Waals surface area contributed by atoms with Gasteiger partial charge in [-0.25, -0.2) is 9.69 Å². The molecule has 9 heteroatoms. The number of anilines is 2. The van der Waals surface area contributed by atoms with Gasteiger partial charge < -0.3 is 4.74 Å². The van der Waals surface area contributed by atoms with Gasteiger partial charge in [-0.15, -0.1) is 0 Å². The zero-order chi connectivity index (χ0) is 20.7. The lowest BCUT2D eigenvalue weighted by molar-refractivity contribution is -0.136. The Labute approximate surface area is 176 Å². The number of esters is 1. The third-order valence-electron chi connectivity index (χ3n) is 4.72. The molecule has 2 amide bonds. The van der Waals surface area contributed by atoms with E-state index < -0.39 is 29.7 Å². The van der Waals surface area contributed by atoms with Crippen molar-refractivity contribution in [2.75, 3.05) is 16.5 Å². The number of nitrogens with zero attached hydrogens (tertiary/aromatic N) is 3. The minimum absolute atomic E-state index is 0.111. The smallest absolute Gasteiger partial charge is 0.355 e. The lowest BCUT2D eigenvalue weighted by atomic mass is 9.98. The average molecular weight is 432 g/mol. The van der Waals surface area contributed by atoms with Crippen LogP contribution in [0, 0.1) is 5.92 Å². The van der Waals surface area contributed by atoms with Crippen LogP contribution in [0.15, 0.2) is 53.6 Å². The van der Waals surface area contributed by atoms with Crippen molar-refractivity contribution in [3.8, 4) is 0 Å². The van der Waals surface area contributed by atoms with E-state index in [0.717, 1.165) is 4.90 Å². The molecule has 0 radical (unpaired) electrons. The molecule has 2 atom stereocenters. The normalized spacial score (nSPS) is 20.7. The summed E-state index contributed by atoms with van der Waals surface area (Å²) in [5, 5.41) is 6.40. The first-order valence-corrected chi connectivity index (χ1v) is 9.62. The van der Waals surface area contributed by atoms with Crippen molar-refractivity contribution in [1.29, 1.82) is 0 Å². The second-order valence-corrected chi connectivity index (χ2v) is 7.26. The molecule has 0 bridgehead atoms. The Kier molecular flexibility index (Phi) is 5.02. The SMILES string of the molecule is CCOC(=O)C1=NN(c2ccc(Cl)cc2)C2C(=O)N(c3ccccc3Cl)C(=O)C12. The topological polar surface area (TPSA) is 79.3 Å². The van der Waals surface area contributed by atoms with E-state index >= 15 is 0 Å². The summed E-state index contributed by atoms with van der Waals surface area (Å²) in [5.74, 6) is -2.92. The highest BCUT2D eigenvalue weighted by atomic mass is 35.5. The van der Waals surface area contributed by atoms with Crippen LogP contribution < -0.4 is 9.91 Å². The largest absolute Gasteiger partial charge is 0.461 e. The van der Waals surface area contributed by atoms with E-state index in [9.17, 15) is 14.4 Å². The molecule has 2 unspecified atom stereocenters. The number of hydrogen-bond donors (Lipinski definition) is 0. The quantitative estimate of drug-likeness (QED) is 0.547. The Morgan fingerprint density at radius 1 is 1.07 bits per heavy atom. The van der Waals surface area contributed by atoms with Crippen LogP contribution in [0.3, 0.4) is 0 Å². The molecule has 148 valence electrons. The van der Waals surface area contributed by atoms with Gasteiger partial charge in [0.25, 0.3) is 5.91 Å². The third kappa shape index (κ3) is 3.16. The van der Waals surface area contributed by atoms with Gasteiger partial charge in [-0.1, -0.05) is 35.3 Å². The van der Waals surface area contributed by atoms with Crippen molar-refractivity contribution in [2.24, 2.45) is 11.0 Å². The molecule has 7 nitrogen and oxygen atoms in total. The standard InChI is InChI=1S/C20H15Cl2N3O4/c1-2-29-20(28)16-15-17(25(23-16)12-9-7-11(21)8-10-12)19(27)24(18(15)26)14-6-4-3-5-13(14)22/h3-10,15,17H,2H2,1H3. The minimum atomic E-state index is -1.09. The maximum atomic E-state index is 13.3. The van der Waals surface area contributed by atoms with E-state index in [1.54, 1.807) is 55.5 Å². The van der Waals surface area contributed by atoms with Crippen LogP contribution in [0.25, 0.3) is 0 Å². The number of halogens is 2. The second kappa shape index (κ2) is 7.50. The highest BCUT2D eigenvalue weighted by Crippen LogP contribution is 2.40. The van der Waals surface area contributed by atoms with Gasteiger partial charge in [-0.2, -0.15) is 5.10 Å². The third-order valence-corrected chi connectivity index (χ3v) is 5.29. The van der Waals surface area contributed by atoms with E-state index in [0.29, 0.717) is 10.7 Å². The molecule has 1 fully saturated rings. The molecule has 0 aromatic heterocycles. The number of fused-ring (bicyclic) bond motifs is 1. The van der Waals surface area contributed by atoms with Gasteiger partial charge in [-0.3, -0.25) is 14.6 Å². The predicted molar refractivity (Wildman–Crippen MR) is 109 cm³/mol. The summed E-state index contributed by atoms with van der Waals surface area (Å²) >= 11 is 12.2. The van der Waals surface area contributed by atoms with Crippen molar-refractivity contribution in [1.82, 2.24) is 0 Å². The number of amides is 2. The molecule has 2 heterocycles. The molecule has 0 N–H and O–H groups in total. The molecule has 2 aliphatic rings. The predicted octanol–water partition coefficient (Wildman–Crippen LogP) is 3.29.